The van der Waals surface area contributed by atoms with E-state index in [-0.39, 0.29) is 16.5 Å². The van der Waals surface area contributed by atoms with Crippen LogP contribution >= 0.6 is 22.9 Å². The van der Waals surface area contributed by atoms with Crippen LogP contribution in [0.1, 0.15) is 28.7 Å². The SMILES string of the molecule is O=C(CCN(CCNCCc1ccc(O)c2[nH]c(=O)sc12)C1Cc2ccccc2C1)NCCc1cccc(Cl)c1. The first-order valence-electron chi connectivity index (χ1n) is 13.8. The molecule has 1 amide bonds. The van der Waals surface area contributed by atoms with Crippen molar-refractivity contribution in [3.63, 3.8) is 0 Å². The third kappa shape index (κ3) is 7.31. The van der Waals surface area contributed by atoms with E-state index in [2.05, 4.69) is 44.8 Å². The molecule has 0 saturated carbocycles. The lowest BCUT2D eigenvalue weighted by atomic mass is 10.1. The number of nitrogens with one attached hydrogen (secondary N) is 3. The van der Waals surface area contributed by atoms with Gasteiger partial charge in [0.2, 0.25) is 5.91 Å². The molecule has 0 unspecified atom stereocenters. The number of carbonyl (C=O) groups is 1. The van der Waals surface area contributed by atoms with Crippen LogP contribution < -0.4 is 15.5 Å². The van der Waals surface area contributed by atoms with Gasteiger partial charge in [0.15, 0.2) is 0 Å². The molecule has 4 aromatic rings. The molecule has 1 aromatic heterocycles. The summed E-state index contributed by atoms with van der Waals surface area (Å²) in [7, 11) is 0. The molecule has 0 fully saturated rings. The molecule has 0 bridgehead atoms. The monoisotopic (exact) mass is 578 g/mol. The van der Waals surface area contributed by atoms with Gasteiger partial charge in [0.1, 0.15) is 11.3 Å². The highest BCUT2D eigenvalue weighted by atomic mass is 35.5. The van der Waals surface area contributed by atoms with Gasteiger partial charge >= 0.3 is 4.87 Å². The van der Waals surface area contributed by atoms with Gasteiger partial charge in [0.25, 0.3) is 0 Å². The summed E-state index contributed by atoms with van der Waals surface area (Å²) in [6.07, 6.45) is 3.98. The molecule has 40 heavy (non-hydrogen) atoms. The first-order chi connectivity index (χ1) is 19.5. The molecule has 7 nitrogen and oxygen atoms in total. The highest BCUT2D eigenvalue weighted by molar-refractivity contribution is 7.16. The van der Waals surface area contributed by atoms with Crippen LogP contribution in [0.3, 0.4) is 0 Å². The number of rotatable bonds is 13. The summed E-state index contributed by atoms with van der Waals surface area (Å²) in [4.78, 5) is 29.5. The number of halogens is 1. The number of amides is 1. The van der Waals surface area contributed by atoms with Crippen LogP contribution in [0.5, 0.6) is 5.75 Å². The van der Waals surface area contributed by atoms with Gasteiger partial charge in [0.05, 0.1) is 4.70 Å². The molecule has 0 atom stereocenters. The lowest BCUT2D eigenvalue weighted by Crippen LogP contribution is -2.42. The number of aromatic nitrogens is 1. The Labute approximate surface area is 243 Å². The Morgan fingerprint density at radius 3 is 2.58 bits per heavy atom. The van der Waals surface area contributed by atoms with Crippen molar-refractivity contribution < 1.29 is 9.90 Å². The van der Waals surface area contributed by atoms with E-state index >= 15 is 0 Å². The van der Waals surface area contributed by atoms with E-state index in [1.54, 1.807) is 6.07 Å². The molecule has 9 heteroatoms. The maximum Gasteiger partial charge on any atom is 0.305 e. The van der Waals surface area contributed by atoms with Gasteiger partial charge in [0, 0.05) is 43.7 Å². The summed E-state index contributed by atoms with van der Waals surface area (Å²) in [6.45, 7) is 3.70. The molecule has 1 aliphatic carbocycles. The van der Waals surface area contributed by atoms with Gasteiger partial charge in [-0.3, -0.25) is 14.5 Å². The Bertz CT molecular complexity index is 1490. The molecule has 1 aliphatic rings. The Morgan fingerprint density at radius 2 is 1.80 bits per heavy atom. The minimum absolute atomic E-state index is 0.0670. The topological polar surface area (TPSA) is 97.5 Å². The lowest BCUT2D eigenvalue weighted by Gasteiger charge is -2.29. The minimum atomic E-state index is -0.160. The van der Waals surface area contributed by atoms with Crippen molar-refractivity contribution in [3.05, 3.63) is 97.6 Å². The van der Waals surface area contributed by atoms with E-state index < -0.39 is 0 Å². The highest BCUT2D eigenvalue weighted by Crippen LogP contribution is 2.28. The molecule has 1 heterocycles. The van der Waals surface area contributed by atoms with E-state index in [0.29, 0.717) is 36.1 Å². The Balaban J connectivity index is 1.11. The second-order valence-electron chi connectivity index (χ2n) is 10.3. The predicted octanol–water partition coefficient (Wildman–Crippen LogP) is 4.30. The van der Waals surface area contributed by atoms with Crippen LogP contribution in [0.25, 0.3) is 10.2 Å². The number of phenolic OH excluding ortho intramolecular Hbond substituents is 1. The lowest BCUT2D eigenvalue weighted by molar-refractivity contribution is -0.121. The summed E-state index contributed by atoms with van der Waals surface area (Å²) >= 11 is 7.21. The molecule has 5 rings (SSSR count). The smallest absolute Gasteiger partial charge is 0.305 e. The first kappa shape index (κ1) is 28.4. The fraction of sp³-hybridized carbons (Fsp3) is 0.355. The average molecular weight is 579 g/mol. The number of hydrogen-bond donors (Lipinski definition) is 4. The average Bonchev–Trinajstić information content (AvgIpc) is 3.55. The Kier molecular flexibility index (Phi) is 9.54. The van der Waals surface area contributed by atoms with Crippen molar-refractivity contribution in [2.75, 3.05) is 32.7 Å². The fourth-order valence-corrected chi connectivity index (χ4v) is 6.59. The van der Waals surface area contributed by atoms with Crippen molar-refractivity contribution in [1.82, 2.24) is 20.5 Å². The van der Waals surface area contributed by atoms with Crippen molar-refractivity contribution in [2.24, 2.45) is 0 Å². The first-order valence-corrected chi connectivity index (χ1v) is 15.0. The number of aromatic amines is 1. The summed E-state index contributed by atoms with van der Waals surface area (Å²) in [5, 5.41) is 17.3. The van der Waals surface area contributed by atoms with E-state index in [1.165, 1.54) is 11.1 Å². The number of carbonyl (C=O) groups excluding carboxylic acids is 1. The van der Waals surface area contributed by atoms with Gasteiger partial charge in [-0.15, -0.1) is 0 Å². The van der Waals surface area contributed by atoms with E-state index in [1.807, 2.05) is 30.3 Å². The summed E-state index contributed by atoms with van der Waals surface area (Å²) in [5.74, 6) is 0.170. The molecular formula is C31H35ClN4O3S. The number of hydrogen-bond acceptors (Lipinski definition) is 6. The second kappa shape index (κ2) is 13.5. The third-order valence-electron chi connectivity index (χ3n) is 7.58. The summed E-state index contributed by atoms with van der Waals surface area (Å²) in [5.41, 5.74) is 5.48. The number of phenols is 1. The minimum Gasteiger partial charge on any atom is -0.506 e. The standard InChI is InChI=1S/C31H35ClN4O3S/c32-25-7-3-4-21(18-25)10-14-34-28(38)12-16-36(26-19-23-5-1-2-6-24(23)20-26)17-15-33-13-11-22-8-9-27(37)29-30(22)40-31(39)35-29/h1-9,18,26,33,37H,10-17,19-20H2,(H,34,38)(H,35,39). The van der Waals surface area contributed by atoms with Crippen LogP contribution in [0.15, 0.2) is 65.5 Å². The van der Waals surface area contributed by atoms with Crippen LogP contribution in [0.2, 0.25) is 5.02 Å². The quantitative estimate of drug-likeness (QED) is 0.177. The normalized spacial score (nSPS) is 13.2. The maximum atomic E-state index is 12.7. The van der Waals surface area contributed by atoms with E-state index in [9.17, 15) is 14.7 Å². The van der Waals surface area contributed by atoms with E-state index in [0.717, 1.165) is 72.5 Å². The van der Waals surface area contributed by atoms with Crippen molar-refractivity contribution in [2.45, 2.75) is 38.1 Å². The van der Waals surface area contributed by atoms with E-state index in [4.69, 9.17) is 11.6 Å². The molecule has 0 aliphatic heterocycles. The van der Waals surface area contributed by atoms with Gasteiger partial charge in [-0.25, -0.2) is 0 Å². The highest BCUT2D eigenvalue weighted by Gasteiger charge is 2.26. The van der Waals surface area contributed by atoms with Gasteiger partial charge < -0.3 is 20.7 Å². The third-order valence-corrected chi connectivity index (χ3v) is 8.78. The van der Waals surface area contributed by atoms with Crippen LogP contribution in [0.4, 0.5) is 0 Å². The van der Waals surface area contributed by atoms with Gasteiger partial charge in [-0.05, 0) is 72.7 Å². The molecule has 0 saturated heterocycles. The molecular weight excluding hydrogens is 544 g/mol. The largest absolute Gasteiger partial charge is 0.506 e. The molecule has 0 radical (unpaired) electrons. The summed E-state index contributed by atoms with van der Waals surface area (Å²) in [6, 6.07) is 20.3. The fourth-order valence-electron chi connectivity index (χ4n) is 5.48. The molecule has 210 valence electrons. The molecule has 4 N–H and O–H groups in total. The number of fused-ring (bicyclic) bond motifs is 2. The van der Waals surface area contributed by atoms with Gasteiger partial charge in [-0.2, -0.15) is 0 Å². The maximum absolute atomic E-state index is 12.7. The zero-order valence-corrected chi connectivity index (χ0v) is 24.0. The van der Waals surface area contributed by atoms with Crippen molar-refractivity contribution in [3.8, 4) is 5.75 Å². The van der Waals surface area contributed by atoms with Gasteiger partial charge in [-0.1, -0.05) is 65.4 Å². The summed E-state index contributed by atoms with van der Waals surface area (Å²) < 4.78 is 0.818. The van der Waals surface area contributed by atoms with Crippen molar-refractivity contribution in [1.29, 1.82) is 0 Å². The van der Waals surface area contributed by atoms with Crippen LogP contribution in [0, 0.1) is 0 Å². The molecule has 3 aromatic carbocycles. The number of aromatic hydroxyl groups is 1. The van der Waals surface area contributed by atoms with Crippen LogP contribution in [-0.2, 0) is 30.5 Å². The van der Waals surface area contributed by atoms with Crippen LogP contribution in [-0.4, -0.2) is 59.7 Å². The number of nitrogens with zero attached hydrogens (tertiary/aromatic N) is 1. The molecule has 0 spiro atoms. The predicted molar refractivity (Wildman–Crippen MR) is 163 cm³/mol. The Hall–Kier alpha value is -3.17. The van der Waals surface area contributed by atoms with Crippen molar-refractivity contribution >= 4 is 39.1 Å². The zero-order valence-electron chi connectivity index (χ0n) is 22.4. The number of benzene rings is 3. The number of thiazole rings is 1. The zero-order chi connectivity index (χ0) is 27.9. The second-order valence-corrected chi connectivity index (χ2v) is 11.7. The Morgan fingerprint density at radius 1 is 1.00 bits per heavy atom. The number of H-pyrrole nitrogens is 1.